The standard InChI is InChI=1S/C10H11N5O4S/c1-6-3-4-8(15(16)17)7(5-6)9-12-13-10(14(9)2)20(11,18)19/h3-5H,1-2H3,(H2,11,18,19). The number of sulfonamides is 1. The molecule has 0 aliphatic heterocycles. The molecule has 0 unspecified atom stereocenters. The topological polar surface area (TPSA) is 134 Å². The fourth-order valence-corrected chi connectivity index (χ4v) is 2.41. The Bertz CT molecular complexity index is 796. The zero-order valence-electron chi connectivity index (χ0n) is 10.6. The highest BCUT2D eigenvalue weighted by Gasteiger charge is 2.24. The summed E-state index contributed by atoms with van der Waals surface area (Å²) in [7, 11) is -2.67. The van der Waals surface area contributed by atoms with Crippen molar-refractivity contribution in [2.24, 2.45) is 12.2 Å². The lowest BCUT2D eigenvalue weighted by Crippen LogP contribution is -2.17. The summed E-state index contributed by atoms with van der Waals surface area (Å²) < 4.78 is 23.7. The van der Waals surface area contributed by atoms with Gasteiger partial charge < -0.3 is 0 Å². The van der Waals surface area contributed by atoms with Crippen molar-refractivity contribution in [1.29, 1.82) is 0 Å². The number of rotatable bonds is 3. The third kappa shape index (κ3) is 2.38. The second kappa shape index (κ2) is 4.65. The van der Waals surface area contributed by atoms with Crippen LogP contribution in [0.25, 0.3) is 11.4 Å². The first-order valence-electron chi connectivity index (χ1n) is 5.39. The number of aryl methyl sites for hydroxylation is 1. The Morgan fingerprint density at radius 1 is 1.35 bits per heavy atom. The van der Waals surface area contributed by atoms with E-state index >= 15 is 0 Å². The first-order valence-corrected chi connectivity index (χ1v) is 6.94. The third-order valence-corrected chi connectivity index (χ3v) is 3.54. The molecule has 0 bridgehead atoms. The molecule has 2 aromatic rings. The first-order chi connectivity index (χ1) is 9.21. The zero-order chi connectivity index (χ0) is 15.1. The Hall–Kier alpha value is -2.33. The summed E-state index contributed by atoms with van der Waals surface area (Å²) in [5.74, 6) is 0.0597. The number of hydrogen-bond donors (Lipinski definition) is 1. The van der Waals surface area contributed by atoms with E-state index in [0.29, 0.717) is 0 Å². The van der Waals surface area contributed by atoms with Gasteiger partial charge >= 0.3 is 0 Å². The van der Waals surface area contributed by atoms with Crippen molar-refractivity contribution in [3.05, 3.63) is 33.9 Å². The number of nitrogens with zero attached hydrogens (tertiary/aromatic N) is 4. The minimum atomic E-state index is -4.04. The lowest BCUT2D eigenvalue weighted by molar-refractivity contribution is -0.384. The lowest BCUT2D eigenvalue weighted by atomic mass is 10.1. The molecule has 1 heterocycles. The number of primary sulfonamides is 1. The monoisotopic (exact) mass is 297 g/mol. The van der Waals surface area contributed by atoms with Crippen LogP contribution in [0, 0.1) is 17.0 Å². The summed E-state index contributed by atoms with van der Waals surface area (Å²) >= 11 is 0. The molecule has 9 nitrogen and oxygen atoms in total. The van der Waals surface area contributed by atoms with Gasteiger partial charge in [0.2, 0.25) is 0 Å². The van der Waals surface area contributed by atoms with Crippen LogP contribution in [0.4, 0.5) is 5.69 Å². The molecule has 0 spiro atoms. The van der Waals surface area contributed by atoms with Gasteiger partial charge in [0.1, 0.15) is 0 Å². The zero-order valence-corrected chi connectivity index (χ0v) is 11.5. The molecule has 0 radical (unpaired) electrons. The van der Waals surface area contributed by atoms with Crippen LogP contribution in [0.2, 0.25) is 0 Å². The molecular weight excluding hydrogens is 286 g/mol. The number of hydrogen-bond acceptors (Lipinski definition) is 6. The molecule has 0 aliphatic rings. The van der Waals surface area contributed by atoms with Crippen molar-refractivity contribution in [3.63, 3.8) is 0 Å². The van der Waals surface area contributed by atoms with E-state index in [0.717, 1.165) is 10.1 Å². The highest BCUT2D eigenvalue weighted by molar-refractivity contribution is 7.89. The summed E-state index contributed by atoms with van der Waals surface area (Å²) in [6, 6.07) is 4.45. The van der Waals surface area contributed by atoms with Gasteiger partial charge in [-0.25, -0.2) is 13.6 Å². The van der Waals surface area contributed by atoms with Gasteiger partial charge in [-0.2, -0.15) is 0 Å². The number of nitro groups is 1. The Balaban J connectivity index is 2.73. The van der Waals surface area contributed by atoms with Crippen LogP contribution < -0.4 is 5.14 Å². The molecule has 1 aromatic heterocycles. The molecule has 1 aromatic carbocycles. The first kappa shape index (κ1) is 14.1. The Labute approximate surface area is 114 Å². The minimum Gasteiger partial charge on any atom is -0.300 e. The normalized spacial score (nSPS) is 11.6. The van der Waals surface area contributed by atoms with E-state index in [4.69, 9.17) is 5.14 Å². The van der Waals surface area contributed by atoms with Gasteiger partial charge in [0.05, 0.1) is 10.5 Å². The molecule has 0 atom stereocenters. The SMILES string of the molecule is Cc1ccc([N+](=O)[O-])c(-c2nnc(S(N)(=O)=O)n2C)c1. The van der Waals surface area contributed by atoms with Crippen molar-refractivity contribution in [3.8, 4) is 11.4 Å². The van der Waals surface area contributed by atoms with Crippen molar-refractivity contribution in [2.45, 2.75) is 12.1 Å². The summed E-state index contributed by atoms with van der Waals surface area (Å²) in [6.07, 6.45) is 0. The summed E-state index contributed by atoms with van der Waals surface area (Å²) in [5, 5.41) is 22.7. The van der Waals surface area contributed by atoms with Crippen LogP contribution in [0.3, 0.4) is 0 Å². The highest BCUT2D eigenvalue weighted by atomic mass is 32.2. The van der Waals surface area contributed by atoms with Crippen molar-refractivity contribution < 1.29 is 13.3 Å². The Morgan fingerprint density at radius 3 is 2.50 bits per heavy atom. The molecule has 0 fully saturated rings. The summed E-state index contributed by atoms with van der Waals surface area (Å²) in [4.78, 5) is 10.5. The van der Waals surface area contributed by atoms with Gasteiger partial charge in [-0.3, -0.25) is 14.7 Å². The average Bonchev–Trinajstić information content (AvgIpc) is 2.70. The van der Waals surface area contributed by atoms with Crippen molar-refractivity contribution in [2.75, 3.05) is 0 Å². The summed E-state index contributed by atoms with van der Waals surface area (Å²) in [5.41, 5.74) is 0.762. The van der Waals surface area contributed by atoms with E-state index in [-0.39, 0.29) is 17.1 Å². The third-order valence-electron chi connectivity index (χ3n) is 2.68. The molecular formula is C10H11N5O4S. The van der Waals surface area contributed by atoms with E-state index in [1.54, 1.807) is 13.0 Å². The molecule has 2 N–H and O–H groups in total. The maximum atomic E-state index is 11.3. The molecule has 10 heteroatoms. The largest absolute Gasteiger partial charge is 0.300 e. The molecule has 0 amide bonds. The van der Waals surface area contributed by atoms with Gasteiger partial charge in [0, 0.05) is 13.1 Å². The maximum Gasteiger partial charge on any atom is 0.280 e. The lowest BCUT2D eigenvalue weighted by Gasteiger charge is -2.04. The Kier molecular flexibility index (Phi) is 3.28. The second-order valence-electron chi connectivity index (χ2n) is 4.19. The molecule has 0 aliphatic carbocycles. The quantitative estimate of drug-likeness (QED) is 0.641. The van der Waals surface area contributed by atoms with Crippen molar-refractivity contribution in [1.82, 2.24) is 14.8 Å². The predicted molar refractivity (Wildman–Crippen MR) is 69.2 cm³/mol. The van der Waals surface area contributed by atoms with Crippen LogP contribution in [-0.4, -0.2) is 28.1 Å². The Morgan fingerprint density at radius 2 is 2.00 bits per heavy atom. The van der Waals surface area contributed by atoms with Crippen LogP contribution in [0.15, 0.2) is 23.4 Å². The van der Waals surface area contributed by atoms with E-state index in [2.05, 4.69) is 10.2 Å². The second-order valence-corrected chi connectivity index (χ2v) is 5.64. The van der Waals surface area contributed by atoms with E-state index in [9.17, 15) is 18.5 Å². The number of nitro benzene ring substituents is 1. The van der Waals surface area contributed by atoms with E-state index in [1.165, 1.54) is 19.2 Å². The van der Waals surface area contributed by atoms with Gasteiger partial charge in [0.25, 0.3) is 20.9 Å². The van der Waals surface area contributed by atoms with Crippen LogP contribution in [-0.2, 0) is 17.1 Å². The predicted octanol–water partition coefficient (Wildman–Crippen LogP) is 0.346. The molecule has 0 saturated heterocycles. The average molecular weight is 297 g/mol. The molecule has 106 valence electrons. The fraction of sp³-hybridized carbons (Fsp3) is 0.200. The van der Waals surface area contributed by atoms with Crippen LogP contribution in [0.1, 0.15) is 5.56 Å². The summed E-state index contributed by atoms with van der Waals surface area (Å²) in [6.45, 7) is 1.75. The molecule has 0 saturated carbocycles. The molecule has 2 rings (SSSR count). The van der Waals surface area contributed by atoms with Gasteiger partial charge in [-0.1, -0.05) is 6.07 Å². The fourth-order valence-electron chi connectivity index (χ4n) is 1.79. The smallest absolute Gasteiger partial charge is 0.280 e. The highest BCUT2D eigenvalue weighted by Crippen LogP contribution is 2.29. The van der Waals surface area contributed by atoms with Crippen LogP contribution >= 0.6 is 0 Å². The van der Waals surface area contributed by atoms with E-state index < -0.39 is 20.1 Å². The van der Waals surface area contributed by atoms with Crippen molar-refractivity contribution >= 4 is 15.7 Å². The number of benzene rings is 1. The van der Waals surface area contributed by atoms with Gasteiger partial charge in [0.15, 0.2) is 5.82 Å². The number of aromatic nitrogens is 3. The number of nitrogens with two attached hydrogens (primary N) is 1. The van der Waals surface area contributed by atoms with Gasteiger partial charge in [-0.05, 0) is 18.6 Å². The van der Waals surface area contributed by atoms with Crippen LogP contribution in [0.5, 0.6) is 0 Å². The molecule has 20 heavy (non-hydrogen) atoms. The van der Waals surface area contributed by atoms with Gasteiger partial charge in [-0.15, -0.1) is 10.2 Å². The van der Waals surface area contributed by atoms with E-state index in [1.807, 2.05) is 0 Å². The maximum absolute atomic E-state index is 11.3. The minimum absolute atomic E-state index is 0.0597.